The first-order valence-corrected chi connectivity index (χ1v) is 7.40. The van der Waals surface area contributed by atoms with Crippen LogP contribution < -0.4 is 0 Å². The zero-order valence-corrected chi connectivity index (χ0v) is 13.7. The molecule has 1 atom stereocenters. The Morgan fingerprint density at radius 3 is 2.30 bits per heavy atom. The van der Waals surface area contributed by atoms with Gasteiger partial charge >= 0.3 is 0 Å². The molecule has 0 saturated carbocycles. The van der Waals surface area contributed by atoms with Crippen molar-refractivity contribution in [2.24, 2.45) is 0 Å². The van der Waals surface area contributed by atoms with Crippen molar-refractivity contribution < 1.29 is 9.72 Å². The van der Waals surface area contributed by atoms with E-state index in [0.29, 0.717) is 11.1 Å². The van der Waals surface area contributed by atoms with Crippen molar-refractivity contribution in [3.05, 3.63) is 74.8 Å². The van der Waals surface area contributed by atoms with Gasteiger partial charge in [0.05, 0.1) is 11.0 Å². The molecule has 5 nitrogen and oxygen atoms in total. The Morgan fingerprint density at radius 2 is 1.74 bits per heavy atom. The smallest absolute Gasteiger partial charge is 0.273 e. The molecule has 1 unspecified atom stereocenters. The molecule has 0 heterocycles. The summed E-state index contributed by atoms with van der Waals surface area (Å²) < 4.78 is 0. The molecule has 2 rings (SSSR count). The SMILES string of the molecule is Cc1ccc(C(C)N(C)C(=O)c2cccc([N+](=O)[O-])c2C)cc1. The number of rotatable bonds is 4. The van der Waals surface area contributed by atoms with Gasteiger partial charge in [-0.2, -0.15) is 0 Å². The zero-order chi connectivity index (χ0) is 17.1. The lowest BCUT2D eigenvalue weighted by atomic mass is 10.0. The summed E-state index contributed by atoms with van der Waals surface area (Å²) in [5.41, 5.74) is 2.90. The van der Waals surface area contributed by atoms with E-state index in [1.807, 2.05) is 38.1 Å². The third-order valence-electron chi connectivity index (χ3n) is 4.19. The Morgan fingerprint density at radius 1 is 1.13 bits per heavy atom. The molecule has 0 N–H and O–H groups in total. The van der Waals surface area contributed by atoms with Gasteiger partial charge < -0.3 is 4.90 Å². The summed E-state index contributed by atoms with van der Waals surface area (Å²) in [6.07, 6.45) is 0. The van der Waals surface area contributed by atoms with Crippen molar-refractivity contribution in [2.45, 2.75) is 26.8 Å². The standard InChI is InChI=1S/C18H20N2O3/c1-12-8-10-15(11-9-12)14(3)19(4)18(21)16-6-5-7-17(13(16)2)20(22)23/h5-11,14H,1-4H3. The molecule has 0 saturated heterocycles. The van der Waals surface area contributed by atoms with E-state index in [9.17, 15) is 14.9 Å². The Balaban J connectivity index is 2.31. The van der Waals surface area contributed by atoms with Gasteiger partial charge in [-0.25, -0.2) is 0 Å². The third kappa shape index (κ3) is 3.39. The summed E-state index contributed by atoms with van der Waals surface area (Å²) in [5, 5.41) is 11.0. The van der Waals surface area contributed by atoms with Crippen molar-refractivity contribution in [1.29, 1.82) is 0 Å². The van der Waals surface area contributed by atoms with Crippen molar-refractivity contribution >= 4 is 11.6 Å². The molecule has 23 heavy (non-hydrogen) atoms. The molecule has 2 aromatic carbocycles. The van der Waals surface area contributed by atoms with E-state index in [0.717, 1.165) is 11.1 Å². The molecular weight excluding hydrogens is 292 g/mol. The van der Waals surface area contributed by atoms with Crippen LogP contribution >= 0.6 is 0 Å². The van der Waals surface area contributed by atoms with Crippen LogP contribution in [0.5, 0.6) is 0 Å². The van der Waals surface area contributed by atoms with Gasteiger partial charge in [-0.15, -0.1) is 0 Å². The second kappa shape index (κ2) is 6.60. The van der Waals surface area contributed by atoms with Crippen LogP contribution in [0.25, 0.3) is 0 Å². The molecule has 5 heteroatoms. The Hall–Kier alpha value is -2.69. The monoisotopic (exact) mass is 312 g/mol. The molecule has 0 aromatic heterocycles. The Labute approximate surface area is 135 Å². The first kappa shape index (κ1) is 16.7. The minimum Gasteiger partial charge on any atom is -0.335 e. The number of aryl methyl sites for hydroxylation is 1. The number of amides is 1. The van der Waals surface area contributed by atoms with Gasteiger partial charge in [0.2, 0.25) is 0 Å². The molecule has 1 amide bonds. The van der Waals surface area contributed by atoms with Crippen molar-refractivity contribution in [3.63, 3.8) is 0 Å². The van der Waals surface area contributed by atoms with E-state index in [4.69, 9.17) is 0 Å². The van der Waals surface area contributed by atoms with Crippen LogP contribution in [0.3, 0.4) is 0 Å². The van der Waals surface area contributed by atoms with Gasteiger partial charge in [-0.3, -0.25) is 14.9 Å². The number of carbonyl (C=O) groups excluding carboxylic acids is 1. The lowest BCUT2D eigenvalue weighted by Crippen LogP contribution is -2.30. The predicted octanol–water partition coefficient (Wildman–Crippen LogP) is 4.04. The molecule has 0 spiro atoms. The second-order valence-corrected chi connectivity index (χ2v) is 5.71. The summed E-state index contributed by atoms with van der Waals surface area (Å²) in [4.78, 5) is 24.9. The van der Waals surface area contributed by atoms with Gasteiger partial charge in [0, 0.05) is 24.2 Å². The van der Waals surface area contributed by atoms with Crippen molar-refractivity contribution in [1.82, 2.24) is 4.90 Å². The molecule has 0 fully saturated rings. The highest BCUT2D eigenvalue weighted by molar-refractivity contribution is 5.96. The third-order valence-corrected chi connectivity index (χ3v) is 4.19. The van der Waals surface area contributed by atoms with Crippen LogP contribution in [-0.4, -0.2) is 22.8 Å². The fraction of sp³-hybridized carbons (Fsp3) is 0.278. The molecule has 0 aliphatic heterocycles. The lowest BCUT2D eigenvalue weighted by Gasteiger charge is -2.26. The highest BCUT2D eigenvalue weighted by atomic mass is 16.6. The van der Waals surface area contributed by atoms with E-state index in [-0.39, 0.29) is 17.6 Å². The number of carbonyl (C=O) groups is 1. The van der Waals surface area contributed by atoms with Crippen LogP contribution in [0.2, 0.25) is 0 Å². The van der Waals surface area contributed by atoms with E-state index in [1.54, 1.807) is 31.0 Å². The normalized spacial score (nSPS) is 11.8. The molecule has 2 aromatic rings. The molecular formula is C18H20N2O3. The average molecular weight is 312 g/mol. The van der Waals surface area contributed by atoms with Gasteiger partial charge in [0.1, 0.15) is 0 Å². The average Bonchev–Trinajstić information content (AvgIpc) is 2.53. The van der Waals surface area contributed by atoms with Crippen LogP contribution in [0.15, 0.2) is 42.5 Å². The largest absolute Gasteiger partial charge is 0.335 e. The van der Waals surface area contributed by atoms with Gasteiger partial charge in [-0.1, -0.05) is 35.9 Å². The highest BCUT2D eigenvalue weighted by Crippen LogP contribution is 2.25. The van der Waals surface area contributed by atoms with Gasteiger partial charge in [0.15, 0.2) is 0 Å². The number of nitro groups is 1. The minimum absolute atomic E-state index is 0.0350. The van der Waals surface area contributed by atoms with Crippen LogP contribution in [0, 0.1) is 24.0 Å². The second-order valence-electron chi connectivity index (χ2n) is 5.71. The number of hydrogen-bond acceptors (Lipinski definition) is 3. The van der Waals surface area contributed by atoms with E-state index < -0.39 is 4.92 Å². The maximum atomic E-state index is 12.7. The first-order valence-electron chi connectivity index (χ1n) is 7.40. The fourth-order valence-electron chi connectivity index (χ4n) is 2.49. The maximum Gasteiger partial charge on any atom is 0.273 e. The Bertz CT molecular complexity index is 738. The summed E-state index contributed by atoms with van der Waals surface area (Å²) in [6, 6.07) is 12.4. The molecule has 0 bridgehead atoms. The van der Waals surface area contributed by atoms with E-state index in [1.165, 1.54) is 6.07 Å². The van der Waals surface area contributed by atoms with Crippen LogP contribution in [0.1, 0.15) is 40.0 Å². The molecule has 0 aliphatic rings. The maximum absolute atomic E-state index is 12.7. The van der Waals surface area contributed by atoms with Gasteiger partial charge in [-0.05, 0) is 32.4 Å². The predicted molar refractivity (Wildman–Crippen MR) is 89.5 cm³/mol. The fourth-order valence-corrected chi connectivity index (χ4v) is 2.49. The quantitative estimate of drug-likeness (QED) is 0.632. The number of nitro benzene ring substituents is 1. The lowest BCUT2D eigenvalue weighted by molar-refractivity contribution is -0.385. The summed E-state index contributed by atoms with van der Waals surface area (Å²) in [7, 11) is 1.71. The summed E-state index contributed by atoms with van der Waals surface area (Å²) in [6.45, 7) is 5.56. The number of nitrogens with zero attached hydrogens (tertiary/aromatic N) is 2. The number of hydrogen-bond donors (Lipinski definition) is 0. The highest BCUT2D eigenvalue weighted by Gasteiger charge is 2.23. The Kier molecular flexibility index (Phi) is 4.79. The summed E-state index contributed by atoms with van der Waals surface area (Å²) >= 11 is 0. The zero-order valence-electron chi connectivity index (χ0n) is 13.7. The molecule has 120 valence electrons. The van der Waals surface area contributed by atoms with Crippen molar-refractivity contribution in [2.75, 3.05) is 7.05 Å². The van der Waals surface area contributed by atoms with Gasteiger partial charge in [0.25, 0.3) is 11.6 Å². The van der Waals surface area contributed by atoms with E-state index >= 15 is 0 Å². The van der Waals surface area contributed by atoms with Crippen LogP contribution in [0.4, 0.5) is 5.69 Å². The molecule has 0 radical (unpaired) electrons. The molecule has 0 aliphatic carbocycles. The summed E-state index contributed by atoms with van der Waals surface area (Å²) in [5.74, 6) is -0.223. The van der Waals surface area contributed by atoms with Crippen molar-refractivity contribution in [3.8, 4) is 0 Å². The topological polar surface area (TPSA) is 63.5 Å². The minimum atomic E-state index is -0.463. The van der Waals surface area contributed by atoms with Crippen LogP contribution in [-0.2, 0) is 0 Å². The number of benzene rings is 2. The first-order chi connectivity index (χ1) is 10.8. The van der Waals surface area contributed by atoms with E-state index in [2.05, 4.69) is 0 Å².